The topological polar surface area (TPSA) is 235 Å². The molecule has 0 amide bonds. The van der Waals surface area contributed by atoms with Gasteiger partial charge in [0.2, 0.25) is 5.79 Å². The van der Waals surface area contributed by atoms with Crippen molar-refractivity contribution in [2.75, 3.05) is 13.1 Å². The second-order valence-electron chi connectivity index (χ2n) is 16.1. The number of esters is 1. The molecular weight excluding hydrogens is 638 g/mol. The first-order valence-electron chi connectivity index (χ1n) is 16.7. The van der Waals surface area contributed by atoms with E-state index in [4.69, 9.17) is 27.0 Å². The van der Waals surface area contributed by atoms with Crippen LogP contribution in [0, 0.1) is 29.1 Å². The zero-order chi connectivity index (χ0) is 35.0. The number of fused-ring (bicyclic) bond motifs is 5. The van der Waals surface area contributed by atoms with E-state index in [1.54, 1.807) is 26.8 Å². The molecule has 0 aromatic carbocycles. The summed E-state index contributed by atoms with van der Waals surface area (Å²) in [4.78, 5) is 14.9. The minimum atomic E-state index is -4.67. The van der Waals surface area contributed by atoms with Crippen LogP contribution < -0.4 is 0 Å². The number of hydrogen-bond acceptors (Lipinski definition) is 12. The highest BCUT2D eigenvalue weighted by molar-refractivity contribution is 7.79. The van der Waals surface area contributed by atoms with Crippen LogP contribution >= 0.6 is 0 Å². The lowest BCUT2D eigenvalue weighted by Crippen LogP contribution is -2.85. The fourth-order valence-corrected chi connectivity index (χ4v) is 11.8. The van der Waals surface area contributed by atoms with E-state index >= 15 is 0 Å². The number of aliphatic hydroxyl groups excluding tert-OH is 1. The largest absolute Gasteiger partial charge is 0.453 e. The molecule has 7 aliphatic rings. The highest BCUT2D eigenvalue weighted by Crippen LogP contribution is 2.78. The summed E-state index contributed by atoms with van der Waals surface area (Å²) in [6.45, 7) is 10.1. The Kier molecular flexibility index (Phi) is 8.05. The maximum Gasteiger partial charge on any atom is 0.394 e. The number of carbonyl (C=O) groups excluding carboxylic acids is 1. The van der Waals surface area contributed by atoms with Gasteiger partial charge >= 0.3 is 16.4 Å². The van der Waals surface area contributed by atoms with Crippen LogP contribution in [0.2, 0.25) is 0 Å². The Bertz CT molecular complexity index is 1450. The standard InChI is InChI=1S/C32H49NO9.H2O4S/c1-6-18(3)25(35)41-24-11-12-26(4)19-8-9-20-28(37)13-23(34)31(39)21(29(28,38)16-30(20,26)42-32(19,24)40)15-33-14-17(2)7-10-22(33)27(31,5)36;1-5(2,3)4/h6,17,19-24,34,36-40H,7-16H2,1-5H3;(H2,1,2,3,4)/b18-6-;/t17-,19-,20-,21-,22-,23-,24-,26-,27+,28+,29+,30+,31-,32-;/m0./s1. The Morgan fingerprint density at radius 2 is 1.55 bits per heavy atom. The van der Waals surface area contributed by atoms with Crippen molar-refractivity contribution in [1.29, 1.82) is 0 Å². The lowest BCUT2D eigenvalue weighted by atomic mass is 9.49. The van der Waals surface area contributed by atoms with E-state index in [0.717, 1.165) is 6.42 Å². The summed E-state index contributed by atoms with van der Waals surface area (Å²) in [5.74, 6) is -4.05. The number of hydrogen-bond donors (Lipinski definition) is 8. The van der Waals surface area contributed by atoms with Gasteiger partial charge in [-0.1, -0.05) is 19.9 Å². The van der Waals surface area contributed by atoms with Gasteiger partial charge in [-0.25, -0.2) is 4.79 Å². The van der Waals surface area contributed by atoms with Crippen LogP contribution in [-0.4, -0.2) is 124 Å². The van der Waals surface area contributed by atoms with E-state index in [-0.39, 0.29) is 25.4 Å². The van der Waals surface area contributed by atoms with E-state index in [0.29, 0.717) is 50.1 Å². The van der Waals surface area contributed by atoms with Gasteiger partial charge in [-0.2, -0.15) is 8.42 Å². The molecule has 4 aliphatic carbocycles. The van der Waals surface area contributed by atoms with Crippen molar-refractivity contribution in [3.05, 3.63) is 11.6 Å². The quantitative estimate of drug-likeness (QED) is 0.111. The average Bonchev–Trinajstić information content (AvgIpc) is 3.12. The molecule has 4 bridgehead atoms. The number of allylic oxidation sites excluding steroid dienone is 1. The third-order valence-electron chi connectivity index (χ3n) is 14.1. The van der Waals surface area contributed by atoms with E-state index in [1.807, 2.05) is 6.92 Å². The predicted octanol–water partition coefficient (Wildman–Crippen LogP) is 0.338. The molecule has 7 rings (SSSR count). The summed E-state index contributed by atoms with van der Waals surface area (Å²) in [5, 5.41) is 73.9. The van der Waals surface area contributed by atoms with Crippen LogP contribution in [0.1, 0.15) is 86.0 Å². The molecule has 268 valence electrons. The fraction of sp³-hybridized carbons (Fsp3) is 0.906. The van der Waals surface area contributed by atoms with Gasteiger partial charge < -0.3 is 40.1 Å². The van der Waals surface area contributed by atoms with Gasteiger partial charge in [0.1, 0.15) is 22.4 Å². The third-order valence-corrected chi connectivity index (χ3v) is 14.1. The number of carbonyl (C=O) groups is 1. The van der Waals surface area contributed by atoms with Gasteiger partial charge in [-0.3, -0.25) is 14.0 Å². The molecule has 4 saturated carbocycles. The molecule has 3 aliphatic heterocycles. The van der Waals surface area contributed by atoms with Crippen molar-refractivity contribution in [2.24, 2.45) is 29.1 Å². The molecule has 0 aromatic heterocycles. The van der Waals surface area contributed by atoms with Crippen LogP contribution in [-0.2, 0) is 24.7 Å². The first-order chi connectivity index (χ1) is 21.5. The van der Waals surface area contributed by atoms with Crippen LogP contribution in [0.25, 0.3) is 0 Å². The Morgan fingerprint density at radius 1 is 0.936 bits per heavy atom. The second kappa shape index (κ2) is 10.6. The van der Waals surface area contributed by atoms with Gasteiger partial charge in [0, 0.05) is 60.7 Å². The lowest BCUT2D eigenvalue weighted by molar-refractivity contribution is -0.354. The molecule has 0 unspecified atom stereocenters. The number of rotatable bonds is 2. The Balaban J connectivity index is 0.000000720. The maximum absolute atomic E-state index is 12.9. The molecule has 8 N–H and O–H groups in total. The molecule has 0 radical (unpaired) electrons. The number of ether oxygens (including phenoxy) is 2. The van der Waals surface area contributed by atoms with E-state index in [9.17, 15) is 35.4 Å². The van der Waals surface area contributed by atoms with Gasteiger partial charge in [0.25, 0.3) is 0 Å². The zero-order valence-electron chi connectivity index (χ0n) is 27.7. The van der Waals surface area contributed by atoms with E-state index in [2.05, 4.69) is 11.8 Å². The SMILES string of the molecule is C/C=C(/C)C(=O)O[C@H]1CC[C@@]2(C)[C@@H]3CC[C@H]4[C@]5(O)C[C@H](O)[C@@]6(O)[C@@H](CN7C[C@@H](C)CC[C@H]7[C@@]6(C)O)[C@]5(O)C[C@@]42O[C@]13O.O=S(=O)(O)O. The first-order valence-corrected chi connectivity index (χ1v) is 18.1. The molecule has 14 nitrogen and oxygen atoms in total. The summed E-state index contributed by atoms with van der Waals surface area (Å²) in [6, 6.07) is -0.387. The smallest absolute Gasteiger partial charge is 0.394 e. The second-order valence-corrected chi connectivity index (χ2v) is 17.0. The minimum absolute atomic E-state index is 0.0606. The predicted molar refractivity (Wildman–Crippen MR) is 164 cm³/mol. The van der Waals surface area contributed by atoms with Crippen molar-refractivity contribution in [3.63, 3.8) is 0 Å². The first kappa shape index (κ1) is 35.6. The Labute approximate surface area is 275 Å². The number of nitrogens with zero attached hydrogens (tertiary/aromatic N) is 1. The van der Waals surface area contributed by atoms with Crippen LogP contribution in [0.5, 0.6) is 0 Å². The molecule has 47 heavy (non-hydrogen) atoms. The fourth-order valence-electron chi connectivity index (χ4n) is 11.8. The molecule has 14 atom stereocenters. The molecule has 15 heteroatoms. The molecule has 0 aromatic rings. The Hall–Kier alpha value is -1.24. The van der Waals surface area contributed by atoms with Crippen LogP contribution in [0.15, 0.2) is 11.6 Å². The zero-order valence-corrected chi connectivity index (χ0v) is 28.5. The molecule has 1 spiro atoms. The lowest BCUT2D eigenvalue weighted by Gasteiger charge is -2.68. The molecule has 3 heterocycles. The van der Waals surface area contributed by atoms with Crippen LogP contribution in [0.4, 0.5) is 0 Å². The van der Waals surface area contributed by atoms with Gasteiger partial charge in [-0.05, 0) is 65.2 Å². The highest BCUT2D eigenvalue weighted by Gasteiger charge is 2.88. The maximum atomic E-state index is 12.9. The number of piperidine rings is 2. The van der Waals surface area contributed by atoms with E-state index in [1.165, 1.54) is 0 Å². The minimum Gasteiger partial charge on any atom is -0.453 e. The number of aliphatic hydroxyl groups is 6. The third kappa shape index (κ3) is 4.51. The summed E-state index contributed by atoms with van der Waals surface area (Å²) in [7, 11) is -4.67. The Morgan fingerprint density at radius 3 is 2.17 bits per heavy atom. The summed E-state index contributed by atoms with van der Waals surface area (Å²) in [5.41, 5.74) is -8.96. The monoisotopic (exact) mass is 689 g/mol. The normalized spacial score (nSPS) is 55.1. The molecular formula is C32H51NO13S. The molecule has 3 saturated heterocycles. The van der Waals surface area contributed by atoms with Gasteiger partial charge in [0.15, 0.2) is 6.10 Å². The van der Waals surface area contributed by atoms with Crippen molar-refractivity contribution in [1.82, 2.24) is 4.90 Å². The van der Waals surface area contributed by atoms with Crippen molar-refractivity contribution in [3.8, 4) is 0 Å². The van der Waals surface area contributed by atoms with E-state index < -0.39 is 85.5 Å². The van der Waals surface area contributed by atoms with Gasteiger partial charge in [-0.15, -0.1) is 0 Å². The summed E-state index contributed by atoms with van der Waals surface area (Å²) < 4.78 is 44.2. The summed E-state index contributed by atoms with van der Waals surface area (Å²) >= 11 is 0. The van der Waals surface area contributed by atoms with Crippen molar-refractivity contribution < 1.29 is 62.4 Å². The van der Waals surface area contributed by atoms with Crippen LogP contribution in [0.3, 0.4) is 0 Å². The highest BCUT2D eigenvalue weighted by atomic mass is 32.3. The summed E-state index contributed by atoms with van der Waals surface area (Å²) in [6.07, 6.45) is 2.30. The van der Waals surface area contributed by atoms with Crippen molar-refractivity contribution in [2.45, 2.75) is 138 Å². The van der Waals surface area contributed by atoms with Crippen molar-refractivity contribution >= 4 is 16.4 Å². The van der Waals surface area contributed by atoms with Gasteiger partial charge in [0.05, 0.1) is 11.7 Å². The molecule has 7 fully saturated rings. The average molecular weight is 690 g/mol.